The molecular formula is C27H31BrN2O7. The van der Waals surface area contributed by atoms with Crippen molar-refractivity contribution in [3.8, 4) is 23.0 Å². The van der Waals surface area contributed by atoms with Gasteiger partial charge in [-0.25, -0.2) is 4.79 Å². The summed E-state index contributed by atoms with van der Waals surface area (Å²) < 4.78 is 23.3. The summed E-state index contributed by atoms with van der Waals surface area (Å²) in [6, 6.07) is 7.83. The lowest BCUT2D eigenvalue weighted by molar-refractivity contribution is -0.130. The van der Waals surface area contributed by atoms with Gasteiger partial charge < -0.3 is 18.9 Å². The van der Waals surface area contributed by atoms with Crippen molar-refractivity contribution in [1.82, 2.24) is 10.2 Å². The number of nitrogens with zero attached hydrogens (tertiary/aromatic N) is 1. The molecule has 0 atom stereocenters. The Morgan fingerprint density at radius 1 is 0.865 bits per heavy atom. The van der Waals surface area contributed by atoms with Crippen LogP contribution in [0.4, 0.5) is 4.79 Å². The lowest BCUT2D eigenvalue weighted by Gasteiger charge is -2.26. The molecule has 1 aliphatic heterocycles. The molecule has 0 radical (unpaired) electrons. The van der Waals surface area contributed by atoms with Gasteiger partial charge in [0, 0.05) is 0 Å². The minimum Gasteiger partial charge on any atom is -0.490 e. The highest BCUT2D eigenvalue weighted by atomic mass is 79.9. The first-order valence-electron chi connectivity index (χ1n) is 12.2. The van der Waals surface area contributed by atoms with Crippen molar-refractivity contribution in [1.29, 1.82) is 0 Å². The molecular weight excluding hydrogens is 544 g/mol. The Bertz CT molecular complexity index is 1200. The first-order valence-corrected chi connectivity index (χ1v) is 13.0. The number of halogens is 1. The monoisotopic (exact) mass is 574 g/mol. The molecule has 9 nitrogen and oxygen atoms in total. The molecule has 0 unspecified atom stereocenters. The topological polar surface area (TPSA) is 103 Å². The van der Waals surface area contributed by atoms with Gasteiger partial charge in [0.25, 0.3) is 11.8 Å². The lowest BCUT2D eigenvalue weighted by Crippen LogP contribution is -2.53. The van der Waals surface area contributed by atoms with E-state index in [0.717, 1.165) is 11.3 Å². The summed E-state index contributed by atoms with van der Waals surface area (Å²) in [4.78, 5) is 39.5. The summed E-state index contributed by atoms with van der Waals surface area (Å²) in [6.07, 6.45) is 2.27. The maximum Gasteiger partial charge on any atom is 0.331 e. The van der Waals surface area contributed by atoms with E-state index in [1.165, 1.54) is 6.08 Å². The van der Waals surface area contributed by atoms with E-state index in [4.69, 9.17) is 18.9 Å². The average Bonchev–Trinajstić information content (AvgIpc) is 2.86. The quantitative estimate of drug-likeness (QED) is 0.278. The number of carbonyl (C=O) groups excluding carboxylic acids is 3. The zero-order valence-electron chi connectivity index (χ0n) is 21.4. The average molecular weight is 575 g/mol. The molecule has 2 aromatic carbocycles. The minimum atomic E-state index is -0.792. The Morgan fingerprint density at radius 2 is 1.57 bits per heavy atom. The van der Waals surface area contributed by atoms with E-state index in [2.05, 4.69) is 21.2 Å². The van der Waals surface area contributed by atoms with Crippen LogP contribution in [-0.2, 0) is 16.1 Å². The molecule has 3 rings (SSSR count). The van der Waals surface area contributed by atoms with Gasteiger partial charge in [-0.05, 0) is 84.6 Å². The van der Waals surface area contributed by atoms with Crippen molar-refractivity contribution in [3.05, 3.63) is 51.5 Å². The second-order valence-electron chi connectivity index (χ2n) is 7.97. The summed E-state index contributed by atoms with van der Waals surface area (Å²) in [7, 11) is 0. The third-order valence-electron chi connectivity index (χ3n) is 5.23. The van der Waals surface area contributed by atoms with Gasteiger partial charge in [-0.15, -0.1) is 0 Å². The van der Waals surface area contributed by atoms with Crippen molar-refractivity contribution in [3.63, 3.8) is 0 Å². The predicted molar refractivity (Wildman–Crippen MR) is 142 cm³/mol. The van der Waals surface area contributed by atoms with Crippen molar-refractivity contribution in [2.24, 2.45) is 0 Å². The van der Waals surface area contributed by atoms with Gasteiger partial charge in [-0.2, -0.15) is 0 Å². The van der Waals surface area contributed by atoms with Crippen LogP contribution in [0.25, 0.3) is 6.08 Å². The molecule has 0 bridgehead atoms. The summed E-state index contributed by atoms with van der Waals surface area (Å²) in [5, 5.41) is 2.25. The van der Waals surface area contributed by atoms with Crippen LogP contribution in [0.3, 0.4) is 0 Å². The van der Waals surface area contributed by atoms with Crippen LogP contribution in [0.1, 0.15) is 45.2 Å². The van der Waals surface area contributed by atoms with Crippen LogP contribution >= 0.6 is 15.9 Å². The zero-order valence-corrected chi connectivity index (χ0v) is 23.0. The van der Waals surface area contributed by atoms with Crippen LogP contribution in [0, 0.1) is 0 Å². The molecule has 1 saturated heterocycles. The van der Waals surface area contributed by atoms with Crippen LogP contribution in [0.5, 0.6) is 23.0 Å². The fourth-order valence-corrected chi connectivity index (χ4v) is 4.23. The summed E-state index contributed by atoms with van der Waals surface area (Å²) in [5.41, 5.74) is 1.00. The molecule has 1 heterocycles. The number of imide groups is 2. The van der Waals surface area contributed by atoms with Crippen LogP contribution in [0.2, 0.25) is 0 Å². The van der Waals surface area contributed by atoms with Gasteiger partial charge in [-0.3, -0.25) is 19.8 Å². The number of ether oxygens (including phenoxy) is 4. The number of hydrogen-bond acceptors (Lipinski definition) is 7. The van der Waals surface area contributed by atoms with E-state index in [-0.39, 0.29) is 12.1 Å². The molecule has 0 aliphatic carbocycles. The minimum absolute atomic E-state index is 0.0550. The van der Waals surface area contributed by atoms with E-state index >= 15 is 0 Å². The maximum atomic E-state index is 13.3. The predicted octanol–water partition coefficient (Wildman–Crippen LogP) is 5.10. The number of barbiturate groups is 1. The molecule has 1 aliphatic rings. The standard InChI is InChI=1S/C27H31BrN2O7/c1-5-11-37-21-10-9-17(14-22(21)34-6-2)16-30-26(32)19(25(31)29-27(30)33)12-18-13-20(28)24(36-8-4)23(15-18)35-7-3/h9-10,12-15H,5-8,11,16H2,1-4H3,(H,29,31,33)/b19-12+. The number of rotatable bonds is 12. The molecule has 4 amide bonds. The lowest BCUT2D eigenvalue weighted by atomic mass is 10.1. The van der Waals surface area contributed by atoms with Gasteiger partial charge in [-0.1, -0.05) is 13.0 Å². The Balaban J connectivity index is 1.91. The normalized spacial score (nSPS) is 14.6. The maximum absolute atomic E-state index is 13.3. The number of amides is 4. The Morgan fingerprint density at radius 3 is 2.24 bits per heavy atom. The second-order valence-corrected chi connectivity index (χ2v) is 8.82. The molecule has 198 valence electrons. The Hall–Kier alpha value is -3.53. The van der Waals surface area contributed by atoms with Crippen molar-refractivity contribution < 1.29 is 33.3 Å². The van der Waals surface area contributed by atoms with E-state index in [1.807, 2.05) is 27.7 Å². The highest BCUT2D eigenvalue weighted by Crippen LogP contribution is 2.38. The smallest absolute Gasteiger partial charge is 0.331 e. The summed E-state index contributed by atoms with van der Waals surface area (Å²) in [5.74, 6) is 0.625. The van der Waals surface area contributed by atoms with Crippen LogP contribution in [0.15, 0.2) is 40.4 Å². The molecule has 10 heteroatoms. The van der Waals surface area contributed by atoms with E-state index < -0.39 is 17.8 Å². The van der Waals surface area contributed by atoms with Crippen molar-refractivity contribution in [2.75, 3.05) is 26.4 Å². The molecule has 2 aromatic rings. The third-order valence-corrected chi connectivity index (χ3v) is 5.82. The van der Waals surface area contributed by atoms with Crippen LogP contribution < -0.4 is 24.3 Å². The van der Waals surface area contributed by atoms with E-state index in [9.17, 15) is 14.4 Å². The van der Waals surface area contributed by atoms with Gasteiger partial charge >= 0.3 is 6.03 Å². The molecule has 0 spiro atoms. The highest BCUT2D eigenvalue weighted by Gasteiger charge is 2.36. The molecule has 1 N–H and O–H groups in total. The molecule has 0 aromatic heterocycles. The number of urea groups is 1. The third kappa shape index (κ3) is 6.82. The van der Waals surface area contributed by atoms with Gasteiger partial charge in [0.15, 0.2) is 23.0 Å². The largest absolute Gasteiger partial charge is 0.490 e. The highest BCUT2D eigenvalue weighted by molar-refractivity contribution is 9.10. The zero-order chi connectivity index (χ0) is 26.9. The van der Waals surface area contributed by atoms with Crippen molar-refractivity contribution >= 4 is 39.9 Å². The molecule has 0 saturated carbocycles. The fourth-order valence-electron chi connectivity index (χ4n) is 3.66. The Labute approximate surface area is 224 Å². The Kier molecular flexibility index (Phi) is 9.96. The SMILES string of the molecule is CCCOc1ccc(CN2C(=O)NC(=O)/C(=C\c3cc(Br)c(OCC)c(OCC)c3)C2=O)cc1OCC. The van der Waals surface area contributed by atoms with Crippen molar-refractivity contribution in [2.45, 2.75) is 40.7 Å². The van der Waals surface area contributed by atoms with Gasteiger partial charge in [0.2, 0.25) is 0 Å². The number of carbonyl (C=O) groups is 3. The van der Waals surface area contributed by atoms with E-state index in [1.54, 1.807) is 30.3 Å². The first-order chi connectivity index (χ1) is 17.8. The molecule has 1 fully saturated rings. The second kappa shape index (κ2) is 13.1. The fraction of sp³-hybridized carbons (Fsp3) is 0.370. The number of nitrogens with one attached hydrogen (secondary N) is 1. The summed E-state index contributed by atoms with van der Waals surface area (Å²) in [6.45, 7) is 9.32. The van der Waals surface area contributed by atoms with E-state index in [0.29, 0.717) is 65.0 Å². The summed E-state index contributed by atoms with van der Waals surface area (Å²) >= 11 is 3.46. The number of hydrogen-bond donors (Lipinski definition) is 1. The number of benzene rings is 2. The molecule has 37 heavy (non-hydrogen) atoms. The van der Waals surface area contributed by atoms with Gasteiger partial charge in [0.1, 0.15) is 5.57 Å². The first kappa shape index (κ1) is 28.0. The van der Waals surface area contributed by atoms with Crippen LogP contribution in [-0.4, -0.2) is 49.2 Å². The van der Waals surface area contributed by atoms with Gasteiger partial charge in [0.05, 0.1) is 37.4 Å².